The van der Waals surface area contributed by atoms with Crippen LogP contribution >= 0.6 is 22.6 Å². The Morgan fingerprint density at radius 3 is 2.73 bits per heavy atom. The molecule has 0 bridgehead atoms. The Labute approximate surface area is 103 Å². The van der Waals surface area contributed by atoms with Crippen molar-refractivity contribution in [1.82, 2.24) is 0 Å². The van der Waals surface area contributed by atoms with Crippen molar-refractivity contribution in [2.45, 2.75) is 6.92 Å². The van der Waals surface area contributed by atoms with Crippen molar-refractivity contribution in [1.29, 1.82) is 0 Å². The van der Waals surface area contributed by atoms with Gasteiger partial charge in [0, 0.05) is 9.65 Å². The highest BCUT2D eigenvalue weighted by Gasteiger charge is 2.00. The highest BCUT2D eigenvalue weighted by molar-refractivity contribution is 14.1. The van der Waals surface area contributed by atoms with Crippen molar-refractivity contribution in [3.63, 3.8) is 0 Å². The number of amides is 1. The molecule has 15 heavy (non-hydrogen) atoms. The predicted octanol–water partition coefficient (Wildman–Crippen LogP) is 3.36. The molecule has 0 atom stereocenters. The molecule has 1 amide bonds. The number of nitrogens with one attached hydrogen (secondary N) is 1. The molecule has 0 heterocycles. The van der Waals surface area contributed by atoms with Crippen molar-refractivity contribution in [2.24, 2.45) is 0 Å². The van der Waals surface area contributed by atoms with Gasteiger partial charge >= 0.3 is 0 Å². The summed E-state index contributed by atoms with van der Waals surface area (Å²) in [6.07, 6.45) is 6.90. The van der Waals surface area contributed by atoms with Crippen LogP contribution in [0.1, 0.15) is 6.92 Å². The summed E-state index contributed by atoms with van der Waals surface area (Å²) >= 11 is 2.19. The van der Waals surface area contributed by atoms with Crippen LogP contribution in [-0.4, -0.2) is 5.91 Å². The molecule has 1 N–H and O–H groups in total. The van der Waals surface area contributed by atoms with Gasteiger partial charge in [0.05, 0.1) is 5.69 Å². The Bertz CT molecular complexity index is 396. The number of para-hydroxylation sites is 1. The second-order valence-corrected chi connectivity index (χ2v) is 4.02. The minimum absolute atomic E-state index is 0.114. The first-order valence-corrected chi connectivity index (χ1v) is 5.67. The maximum absolute atomic E-state index is 11.4. The zero-order valence-corrected chi connectivity index (χ0v) is 10.6. The lowest BCUT2D eigenvalue weighted by atomic mass is 10.3. The number of benzene rings is 1. The average Bonchev–Trinajstić information content (AvgIpc) is 2.22. The number of anilines is 1. The number of carbonyl (C=O) groups is 1. The quantitative estimate of drug-likeness (QED) is 0.517. The Hall–Kier alpha value is -1.10. The van der Waals surface area contributed by atoms with E-state index in [4.69, 9.17) is 0 Å². The Balaban J connectivity index is 2.63. The standard InChI is InChI=1S/C12H12INO/c1-2-3-4-9-12(15)14-11-8-6-5-7-10(11)13/h2-9H,1H3,(H,14,15)/b3-2+,9-4+. The van der Waals surface area contributed by atoms with Gasteiger partial charge in [0.25, 0.3) is 0 Å². The van der Waals surface area contributed by atoms with E-state index in [0.717, 1.165) is 9.26 Å². The van der Waals surface area contributed by atoms with Crippen LogP contribution < -0.4 is 5.32 Å². The molecular weight excluding hydrogens is 301 g/mol. The molecule has 0 spiro atoms. The molecule has 1 rings (SSSR count). The predicted molar refractivity (Wildman–Crippen MR) is 71.7 cm³/mol. The van der Waals surface area contributed by atoms with Gasteiger partial charge < -0.3 is 5.32 Å². The van der Waals surface area contributed by atoms with Gasteiger partial charge in [-0.15, -0.1) is 0 Å². The van der Waals surface area contributed by atoms with E-state index in [2.05, 4.69) is 27.9 Å². The molecule has 0 aliphatic rings. The van der Waals surface area contributed by atoms with Crippen LogP contribution in [0.2, 0.25) is 0 Å². The maximum atomic E-state index is 11.4. The third-order valence-corrected chi connectivity index (χ3v) is 2.62. The molecule has 2 nitrogen and oxygen atoms in total. The molecule has 0 aromatic heterocycles. The molecule has 3 heteroatoms. The maximum Gasteiger partial charge on any atom is 0.248 e. The zero-order valence-electron chi connectivity index (χ0n) is 8.41. The van der Waals surface area contributed by atoms with E-state index < -0.39 is 0 Å². The molecule has 0 unspecified atom stereocenters. The van der Waals surface area contributed by atoms with E-state index in [1.165, 1.54) is 6.08 Å². The van der Waals surface area contributed by atoms with Crippen molar-refractivity contribution in [3.05, 3.63) is 52.1 Å². The fourth-order valence-corrected chi connectivity index (χ4v) is 1.51. The summed E-state index contributed by atoms with van der Waals surface area (Å²) in [4.78, 5) is 11.4. The van der Waals surface area contributed by atoms with E-state index in [1.807, 2.05) is 43.3 Å². The molecular formula is C12H12INO. The summed E-state index contributed by atoms with van der Waals surface area (Å²) in [5, 5.41) is 2.80. The number of allylic oxidation sites excluding steroid dienone is 3. The summed E-state index contributed by atoms with van der Waals surface area (Å²) in [5.41, 5.74) is 0.841. The monoisotopic (exact) mass is 313 g/mol. The average molecular weight is 313 g/mol. The van der Waals surface area contributed by atoms with Gasteiger partial charge in [0.1, 0.15) is 0 Å². The first kappa shape index (κ1) is 12.0. The molecule has 0 aliphatic heterocycles. The Morgan fingerprint density at radius 2 is 2.07 bits per heavy atom. The molecule has 0 saturated heterocycles. The highest BCUT2D eigenvalue weighted by Crippen LogP contribution is 2.16. The second-order valence-electron chi connectivity index (χ2n) is 2.85. The van der Waals surface area contributed by atoms with Gasteiger partial charge in [-0.05, 0) is 41.6 Å². The van der Waals surface area contributed by atoms with Crippen LogP contribution in [0.4, 0.5) is 5.69 Å². The second kappa shape index (κ2) is 6.40. The SMILES string of the molecule is C/C=C/C=C/C(=O)Nc1ccccc1I. The number of carbonyl (C=O) groups excluding carboxylic acids is 1. The molecule has 0 aliphatic carbocycles. The van der Waals surface area contributed by atoms with Gasteiger partial charge in [-0.2, -0.15) is 0 Å². The molecule has 78 valence electrons. The first-order chi connectivity index (χ1) is 7.24. The smallest absolute Gasteiger partial charge is 0.248 e. The van der Waals surface area contributed by atoms with Crippen molar-refractivity contribution in [3.8, 4) is 0 Å². The zero-order chi connectivity index (χ0) is 11.1. The van der Waals surface area contributed by atoms with Gasteiger partial charge in [-0.3, -0.25) is 4.79 Å². The van der Waals surface area contributed by atoms with Crippen LogP contribution in [0.5, 0.6) is 0 Å². The van der Waals surface area contributed by atoms with Crippen molar-refractivity contribution >= 4 is 34.2 Å². The van der Waals surface area contributed by atoms with Gasteiger partial charge in [0.2, 0.25) is 5.91 Å². The van der Waals surface area contributed by atoms with Crippen LogP contribution in [0, 0.1) is 3.57 Å². The van der Waals surface area contributed by atoms with Crippen LogP contribution in [-0.2, 0) is 4.79 Å². The van der Waals surface area contributed by atoms with Crippen molar-refractivity contribution < 1.29 is 4.79 Å². The van der Waals surface area contributed by atoms with E-state index in [0.29, 0.717) is 0 Å². The summed E-state index contributed by atoms with van der Waals surface area (Å²) < 4.78 is 1.03. The largest absolute Gasteiger partial charge is 0.322 e. The topological polar surface area (TPSA) is 29.1 Å². The lowest BCUT2D eigenvalue weighted by Gasteiger charge is -2.03. The molecule has 1 aromatic rings. The molecule has 0 fully saturated rings. The van der Waals surface area contributed by atoms with Crippen LogP contribution in [0.15, 0.2) is 48.6 Å². The van der Waals surface area contributed by atoms with Crippen molar-refractivity contribution in [2.75, 3.05) is 5.32 Å². The lowest BCUT2D eigenvalue weighted by Crippen LogP contribution is -2.08. The summed E-state index contributed by atoms with van der Waals surface area (Å²) in [7, 11) is 0. The highest BCUT2D eigenvalue weighted by atomic mass is 127. The number of hydrogen-bond acceptors (Lipinski definition) is 1. The lowest BCUT2D eigenvalue weighted by molar-refractivity contribution is -0.111. The Kier molecular flexibility index (Phi) is 5.10. The van der Waals surface area contributed by atoms with Crippen LogP contribution in [0.25, 0.3) is 0 Å². The first-order valence-electron chi connectivity index (χ1n) is 4.59. The fourth-order valence-electron chi connectivity index (χ4n) is 0.991. The number of hydrogen-bond donors (Lipinski definition) is 1. The summed E-state index contributed by atoms with van der Waals surface area (Å²) in [6.45, 7) is 1.91. The Morgan fingerprint density at radius 1 is 1.33 bits per heavy atom. The van der Waals surface area contributed by atoms with Gasteiger partial charge in [0.15, 0.2) is 0 Å². The number of rotatable bonds is 3. The normalized spacial score (nSPS) is 11.1. The van der Waals surface area contributed by atoms with E-state index in [-0.39, 0.29) is 5.91 Å². The van der Waals surface area contributed by atoms with Crippen LogP contribution in [0.3, 0.4) is 0 Å². The summed E-state index contributed by atoms with van der Waals surface area (Å²) in [5.74, 6) is -0.114. The number of halogens is 1. The van der Waals surface area contributed by atoms with Gasteiger partial charge in [-0.1, -0.05) is 30.4 Å². The molecule has 0 saturated carbocycles. The third kappa shape index (κ3) is 4.29. The minimum Gasteiger partial charge on any atom is -0.322 e. The fraction of sp³-hybridized carbons (Fsp3) is 0.0833. The molecule has 1 aromatic carbocycles. The minimum atomic E-state index is -0.114. The van der Waals surface area contributed by atoms with Gasteiger partial charge in [-0.25, -0.2) is 0 Å². The molecule has 0 radical (unpaired) electrons. The van der Waals surface area contributed by atoms with E-state index >= 15 is 0 Å². The summed E-state index contributed by atoms with van der Waals surface area (Å²) in [6, 6.07) is 7.66. The third-order valence-electron chi connectivity index (χ3n) is 1.68. The van der Waals surface area contributed by atoms with E-state index in [1.54, 1.807) is 6.08 Å². The van der Waals surface area contributed by atoms with E-state index in [9.17, 15) is 4.79 Å².